The molecule has 0 radical (unpaired) electrons. The Kier molecular flexibility index (Phi) is 5.18. The van der Waals surface area contributed by atoms with Crippen molar-refractivity contribution < 1.29 is 14.1 Å². The van der Waals surface area contributed by atoms with Crippen molar-refractivity contribution in [2.75, 3.05) is 5.32 Å². The van der Waals surface area contributed by atoms with Gasteiger partial charge in [-0.05, 0) is 25.1 Å². The minimum atomic E-state index is -0.657. The Balaban J connectivity index is 1.83. The van der Waals surface area contributed by atoms with Crippen LogP contribution in [0.3, 0.4) is 0 Å². The second-order valence-corrected chi connectivity index (χ2v) is 6.16. The Morgan fingerprint density at radius 1 is 1.30 bits per heavy atom. The van der Waals surface area contributed by atoms with Crippen LogP contribution in [0.2, 0.25) is 5.02 Å². The highest BCUT2D eigenvalue weighted by Crippen LogP contribution is 2.22. The normalized spacial score (nSPS) is 10.6. The molecule has 7 nitrogen and oxygen atoms in total. The van der Waals surface area contributed by atoms with E-state index in [9.17, 15) is 19.3 Å². The predicted octanol–water partition coefficient (Wildman–Crippen LogP) is 4.19. The number of nitro groups is 1. The summed E-state index contributed by atoms with van der Waals surface area (Å²) >= 11 is 6.04. The highest BCUT2D eigenvalue weighted by Gasteiger charge is 2.20. The van der Waals surface area contributed by atoms with Gasteiger partial charge in [-0.1, -0.05) is 29.8 Å². The first-order valence-electron chi connectivity index (χ1n) is 7.89. The molecule has 2 aromatic carbocycles. The zero-order valence-electron chi connectivity index (χ0n) is 14.1. The Morgan fingerprint density at radius 3 is 2.74 bits per heavy atom. The molecular formula is C18H14ClFN4O3. The molecule has 138 valence electrons. The number of halogens is 2. The molecule has 0 unspecified atom stereocenters. The summed E-state index contributed by atoms with van der Waals surface area (Å²) in [5.41, 5.74) is 0.560. The molecule has 1 heterocycles. The van der Waals surface area contributed by atoms with Gasteiger partial charge >= 0.3 is 0 Å². The molecule has 1 amide bonds. The number of para-hydroxylation sites is 1. The molecule has 3 aromatic rings. The van der Waals surface area contributed by atoms with E-state index in [0.29, 0.717) is 5.69 Å². The van der Waals surface area contributed by atoms with Crippen molar-refractivity contribution in [2.24, 2.45) is 0 Å². The molecule has 0 aliphatic rings. The third-order valence-electron chi connectivity index (χ3n) is 3.94. The summed E-state index contributed by atoms with van der Waals surface area (Å²) in [5.74, 6) is -0.915. The average Bonchev–Trinajstić information content (AvgIpc) is 2.97. The number of carbonyl (C=O) groups excluding carboxylic acids is 1. The molecule has 0 bridgehead atoms. The second kappa shape index (κ2) is 7.55. The van der Waals surface area contributed by atoms with E-state index >= 15 is 0 Å². The lowest BCUT2D eigenvalue weighted by Gasteiger charge is -2.08. The molecule has 0 atom stereocenters. The topological polar surface area (TPSA) is 90.1 Å². The Morgan fingerprint density at radius 2 is 2.04 bits per heavy atom. The predicted molar refractivity (Wildman–Crippen MR) is 98.5 cm³/mol. The Bertz CT molecular complexity index is 1010. The molecule has 0 aliphatic carbocycles. The number of nitrogens with zero attached hydrogens (tertiary/aromatic N) is 3. The number of amides is 1. The van der Waals surface area contributed by atoms with Gasteiger partial charge in [-0.25, -0.2) is 4.39 Å². The minimum Gasteiger partial charge on any atom is -0.305 e. The number of carbonyl (C=O) groups is 1. The summed E-state index contributed by atoms with van der Waals surface area (Å²) in [6.07, 6.45) is 0. The van der Waals surface area contributed by atoms with E-state index in [1.807, 2.05) is 0 Å². The molecule has 0 saturated heterocycles. The standard InChI is InChI=1S/C18H14ClFN4O3/c1-11-9-17(21-18(25)12-5-2-3-8-16(12)24(26)27)22-23(11)10-13-14(19)6-4-7-15(13)20/h2-9H,10H2,1H3,(H,21,22,25). The van der Waals surface area contributed by atoms with E-state index in [4.69, 9.17) is 11.6 Å². The lowest BCUT2D eigenvalue weighted by Crippen LogP contribution is -2.14. The summed E-state index contributed by atoms with van der Waals surface area (Å²) in [6, 6.07) is 11.6. The van der Waals surface area contributed by atoms with Gasteiger partial charge in [-0.2, -0.15) is 5.10 Å². The van der Waals surface area contributed by atoms with Crippen LogP contribution in [0.5, 0.6) is 0 Å². The van der Waals surface area contributed by atoms with Gasteiger partial charge in [0.2, 0.25) is 0 Å². The molecule has 0 aliphatic heterocycles. The van der Waals surface area contributed by atoms with Gasteiger partial charge in [0.15, 0.2) is 5.82 Å². The maximum atomic E-state index is 14.0. The minimum absolute atomic E-state index is 0.0770. The monoisotopic (exact) mass is 388 g/mol. The largest absolute Gasteiger partial charge is 0.305 e. The van der Waals surface area contributed by atoms with Gasteiger partial charge in [0, 0.05) is 28.4 Å². The number of hydrogen-bond acceptors (Lipinski definition) is 4. The van der Waals surface area contributed by atoms with Crippen molar-refractivity contribution in [1.82, 2.24) is 9.78 Å². The molecule has 0 spiro atoms. The zero-order chi connectivity index (χ0) is 19.6. The number of aromatic nitrogens is 2. The van der Waals surface area contributed by atoms with Crippen LogP contribution in [0.25, 0.3) is 0 Å². The summed E-state index contributed by atoms with van der Waals surface area (Å²) in [6.45, 7) is 1.82. The van der Waals surface area contributed by atoms with E-state index in [1.54, 1.807) is 19.1 Å². The number of rotatable bonds is 5. The first-order chi connectivity index (χ1) is 12.9. The summed E-state index contributed by atoms with van der Waals surface area (Å²) in [7, 11) is 0. The van der Waals surface area contributed by atoms with Crippen LogP contribution in [0.4, 0.5) is 15.9 Å². The van der Waals surface area contributed by atoms with E-state index in [-0.39, 0.29) is 34.2 Å². The lowest BCUT2D eigenvalue weighted by atomic mass is 10.1. The van der Waals surface area contributed by atoms with Gasteiger partial charge in [-0.3, -0.25) is 19.6 Å². The summed E-state index contributed by atoms with van der Waals surface area (Å²) in [5, 5.41) is 18.1. The number of nitro benzene ring substituents is 1. The second-order valence-electron chi connectivity index (χ2n) is 5.76. The van der Waals surface area contributed by atoms with Crippen molar-refractivity contribution in [3.8, 4) is 0 Å². The first kappa shape index (κ1) is 18.5. The SMILES string of the molecule is Cc1cc(NC(=O)c2ccccc2[N+](=O)[O-])nn1Cc1c(F)cccc1Cl. The molecule has 9 heteroatoms. The van der Waals surface area contributed by atoms with E-state index in [2.05, 4.69) is 10.4 Å². The van der Waals surface area contributed by atoms with Crippen molar-refractivity contribution in [3.63, 3.8) is 0 Å². The van der Waals surface area contributed by atoms with Crippen LogP contribution in [-0.4, -0.2) is 20.6 Å². The molecule has 3 rings (SSSR count). The van der Waals surface area contributed by atoms with E-state index in [0.717, 1.165) is 0 Å². The van der Waals surface area contributed by atoms with Crippen molar-refractivity contribution in [1.29, 1.82) is 0 Å². The molecule has 0 saturated carbocycles. The van der Waals surface area contributed by atoms with Gasteiger partial charge in [0.05, 0.1) is 11.5 Å². The first-order valence-corrected chi connectivity index (χ1v) is 8.26. The van der Waals surface area contributed by atoms with Gasteiger partial charge < -0.3 is 5.32 Å². The maximum absolute atomic E-state index is 14.0. The molecule has 1 aromatic heterocycles. The fourth-order valence-electron chi connectivity index (χ4n) is 2.57. The van der Waals surface area contributed by atoms with Crippen LogP contribution in [-0.2, 0) is 6.54 Å². The van der Waals surface area contributed by atoms with Crippen LogP contribution in [0.15, 0.2) is 48.5 Å². The summed E-state index contributed by atoms with van der Waals surface area (Å²) < 4.78 is 15.5. The number of nitrogens with one attached hydrogen (secondary N) is 1. The quantitative estimate of drug-likeness (QED) is 0.524. The van der Waals surface area contributed by atoms with Gasteiger partial charge in [0.1, 0.15) is 11.4 Å². The number of aryl methyl sites for hydroxylation is 1. The molecule has 0 fully saturated rings. The number of hydrogen-bond donors (Lipinski definition) is 1. The fourth-order valence-corrected chi connectivity index (χ4v) is 2.80. The van der Waals surface area contributed by atoms with Crippen molar-refractivity contribution >= 4 is 29.0 Å². The number of benzene rings is 2. The smallest absolute Gasteiger partial charge is 0.282 e. The third-order valence-corrected chi connectivity index (χ3v) is 4.29. The molecular weight excluding hydrogens is 375 g/mol. The number of anilines is 1. The highest BCUT2D eigenvalue weighted by atomic mass is 35.5. The summed E-state index contributed by atoms with van der Waals surface area (Å²) in [4.78, 5) is 22.8. The van der Waals surface area contributed by atoms with Crippen molar-refractivity contribution in [3.05, 3.63) is 86.3 Å². The van der Waals surface area contributed by atoms with Crippen LogP contribution in [0.1, 0.15) is 21.6 Å². The van der Waals surface area contributed by atoms with Crippen molar-refractivity contribution in [2.45, 2.75) is 13.5 Å². The fraction of sp³-hybridized carbons (Fsp3) is 0.111. The Labute approximate surface area is 158 Å². The van der Waals surface area contributed by atoms with Crippen LogP contribution >= 0.6 is 11.6 Å². The van der Waals surface area contributed by atoms with Gasteiger partial charge in [-0.15, -0.1) is 0 Å². The van der Waals surface area contributed by atoms with Crippen LogP contribution in [0, 0.1) is 22.9 Å². The average molecular weight is 389 g/mol. The zero-order valence-corrected chi connectivity index (χ0v) is 14.9. The lowest BCUT2D eigenvalue weighted by molar-refractivity contribution is -0.385. The van der Waals surface area contributed by atoms with E-state index in [1.165, 1.54) is 41.1 Å². The van der Waals surface area contributed by atoms with E-state index < -0.39 is 16.6 Å². The Hall–Kier alpha value is -3.26. The third kappa shape index (κ3) is 3.95. The highest BCUT2D eigenvalue weighted by molar-refractivity contribution is 6.31. The molecule has 1 N–H and O–H groups in total. The van der Waals surface area contributed by atoms with Crippen LogP contribution < -0.4 is 5.32 Å². The van der Waals surface area contributed by atoms with Gasteiger partial charge in [0.25, 0.3) is 11.6 Å². The molecule has 27 heavy (non-hydrogen) atoms. The maximum Gasteiger partial charge on any atom is 0.282 e.